The van der Waals surface area contributed by atoms with Crippen LogP contribution in [0, 0.1) is 6.92 Å². The Hall–Kier alpha value is -2.50. The number of hydrogen-bond acceptors (Lipinski definition) is 2. The molecular weight excluding hydrogens is 270 g/mol. The molecule has 110 valence electrons. The van der Waals surface area contributed by atoms with Crippen molar-refractivity contribution in [1.82, 2.24) is 15.2 Å². The van der Waals surface area contributed by atoms with Crippen LogP contribution in [0.2, 0.25) is 0 Å². The maximum atomic E-state index is 11.9. The van der Waals surface area contributed by atoms with Crippen LogP contribution in [0.4, 0.5) is 0 Å². The first-order valence-electron chi connectivity index (χ1n) is 6.95. The zero-order valence-corrected chi connectivity index (χ0v) is 11.7. The lowest BCUT2D eigenvalue weighted by atomic mass is 10.1. The zero-order valence-electron chi connectivity index (χ0n) is 11.7. The molecule has 0 unspecified atom stereocenters. The van der Waals surface area contributed by atoms with Crippen LogP contribution in [0.25, 0.3) is 11.6 Å². The van der Waals surface area contributed by atoms with Crippen molar-refractivity contribution in [2.75, 3.05) is 0 Å². The van der Waals surface area contributed by atoms with Gasteiger partial charge >= 0.3 is 5.97 Å². The average Bonchev–Trinajstić information content (AvgIpc) is 3.14. The van der Waals surface area contributed by atoms with Crippen LogP contribution < -0.4 is 16.1 Å². The van der Waals surface area contributed by atoms with Crippen molar-refractivity contribution in [2.45, 2.75) is 32.6 Å². The molecule has 2 aromatic rings. The van der Waals surface area contributed by atoms with E-state index in [2.05, 4.69) is 15.2 Å². The van der Waals surface area contributed by atoms with Gasteiger partial charge in [0.2, 0.25) is 0 Å². The van der Waals surface area contributed by atoms with E-state index in [4.69, 9.17) is 5.11 Å². The summed E-state index contributed by atoms with van der Waals surface area (Å²) < 4.78 is 0. The van der Waals surface area contributed by atoms with Crippen molar-refractivity contribution in [3.8, 4) is 0 Å². The summed E-state index contributed by atoms with van der Waals surface area (Å²) in [6, 6.07) is 0. The largest absolute Gasteiger partial charge is 0.481 e. The van der Waals surface area contributed by atoms with Crippen LogP contribution in [-0.2, 0) is 11.2 Å². The molecule has 1 saturated carbocycles. The molecule has 0 bridgehead atoms. The molecule has 0 saturated heterocycles. The van der Waals surface area contributed by atoms with Crippen molar-refractivity contribution in [2.24, 2.45) is 0 Å². The van der Waals surface area contributed by atoms with Crippen LogP contribution in [-0.4, -0.2) is 26.3 Å². The van der Waals surface area contributed by atoms with Gasteiger partial charge in [0.25, 0.3) is 5.56 Å². The van der Waals surface area contributed by atoms with E-state index in [9.17, 15) is 9.59 Å². The van der Waals surface area contributed by atoms with Gasteiger partial charge in [0, 0.05) is 18.3 Å². The lowest BCUT2D eigenvalue weighted by Crippen LogP contribution is -2.33. The van der Waals surface area contributed by atoms with Crippen LogP contribution in [0.5, 0.6) is 0 Å². The van der Waals surface area contributed by atoms with Gasteiger partial charge < -0.3 is 10.1 Å². The molecule has 0 amide bonds. The van der Waals surface area contributed by atoms with Crippen molar-refractivity contribution < 1.29 is 9.90 Å². The van der Waals surface area contributed by atoms with E-state index in [1.165, 1.54) is 5.57 Å². The molecule has 0 radical (unpaired) electrons. The molecule has 6 nitrogen and oxygen atoms in total. The van der Waals surface area contributed by atoms with Gasteiger partial charge in [0.15, 0.2) is 0 Å². The fourth-order valence-corrected chi connectivity index (χ4v) is 2.45. The minimum atomic E-state index is -0.810. The van der Waals surface area contributed by atoms with E-state index in [-0.39, 0.29) is 12.0 Å². The zero-order chi connectivity index (χ0) is 15.0. The third-order valence-corrected chi connectivity index (χ3v) is 3.85. The molecule has 3 rings (SSSR count). The Morgan fingerprint density at radius 1 is 1.38 bits per heavy atom. The number of carboxylic acid groups (broad SMARTS) is 1. The van der Waals surface area contributed by atoms with E-state index in [1.54, 1.807) is 0 Å². The van der Waals surface area contributed by atoms with Crippen molar-refractivity contribution >= 4 is 17.6 Å². The second-order valence-corrected chi connectivity index (χ2v) is 5.36. The lowest BCUT2D eigenvalue weighted by molar-refractivity contribution is -0.136. The molecule has 2 heterocycles. The molecule has 2 aromatic heterocycles. The van der Waals surface area contributed by atoms with Crippen LogP contribution >= 0.6 is 0 Å². The molecule has 0 spiro atoms. The highest BCUT2D eigenvalue weighted by Gasteiger charge is 2.15. The molecule has 1 aliphatic rings. The van der Waals surface area contributed by atoms with Gasteiger partial charge in [0.05, 0.1) is 10.6 Å². The van der Waals surface area contributed by atoms with Crippen LogP contribution in [0.3, 0.4) is 0 Å². The number of rotatable bonds is 4. The number of aliphatic carboxylic acids is 1. The number of carbonyl (C=O) groups is 1. The third-order valence-electron chi connectivity index (χ3n) is 3.85. The first-order valence-corrected chi connectivity index (χ1v) is 6.95. The summed E-state index contributed by atoms with van der Waals surface area (Å²) >= 11 is 0. The number of nitrogens with one attached hydrogen (secondary N) is 3. The van der Waals surface area contributed by atoms with E-state index in [0.29, 0.717) is 11.6 Å². The molecule has 4 N–H and O–H groups in total. The SMILES string of the molecule is Cc1c(CCC(=O)O)c[nH]c1C=c1c(=O)[nH][nH]c1=C1CC1. The summed E-state index contributed by atoms with van der Waals surface area (Å²) in [5, 5.41) is 15.8. The van der Waals surface area contributed by atoms with E-state index >= 15 is 0 Å². The molecule has 6 heteroatoms. The first kappa shape index (κ1) is 13.5. The maximum absolute atomic E-state index is 11.9. The molecule has 0 aromatic carbocycles. The Kier molecular flexibility index (Phi) is 3.29. The van der Waals surface area contributed by atoms with Crippen molar-refractivity contribution in [1.29, 1.82) is 0 Å². The second-order valence-electron chi connectivity index (χ2n) is 5.36. The summed E-state index contributed by atoms with van der Waals surface area (Å²) in [4.78, 5) is 25.7. The number of aromatic nitrogens is 3. The summed E-state index contributed by atoms with van der Waals surface area (Å²) in [6.45, 7) is 1.93. The normalized spacial score (nSPS) is 14.7. The number of hydrogen-bond donors (Lipinski definition) is 4. The van der Waals surface area contributed by atoms with E-state index < -0.39 is 5.97 Å². The minimum absolute atomic E-state index is 0.103. The van der Waals surface area contributed by atoms with Gasteiger partial charge in [-0.1, -0.05) is 0 Å². The number of carboxylic acids is 1. The number of aryl methyl sites for hydroxylation is 1. The van der Waals surface area contributed by atoms with Crippen molar-refractivity contribution in [3.05, 3.63) is 43.9 Å². The van der Waals surface area contributed by atoms with Gasteiger partial charge in [-0.3, -0.25) is 19.8 Å². The second kappa shape index (κ2) is 5.12. The predicted molar refractivity (Wildman–Crippen MR) is 78.4 cm³/mol. The highest BCUT2D eigenvalue weighted by atomic mass is 16.4. The molecule has 1 aliphatic carbocycles. The average molecular weight is 287 g/mol. The smallest absolute Gasteiger partial charge is 0.303 e. The molecule has 21 heavy (non-hydrogen) atoms. The van der Waals surface area contributed by atoms with E-state index in [0.717, 1.165) is 35.0 Å². The summed E-state index contributed by atoms with van der Waals surface area (Å²) in [6.07, 6.45) is 6.29. The fourth-order valence-electron chi connectivity index (χ4n) is 2.45. The number of H-pyrrole nitrogens is 3. The summed E-state index contributed by atoms with van der Waals surface area (Å²) in [5.41, 5.74) is 3.93. The Morgan fingerprint density at radius 3 is 2.81 bits per heavy atom. The maximum Gasteiger partial charge on any atom is 0.303 e. The molecule has 0 atom stereocenters. The summed E-state index contributed by atoms with van der Waals surface area (Å²) in [7, 11) is 0. The lowest BCUT2D eigenvalue weighted by Gasteiger charge is -1.97. The monoisotopic (exact) mass is 287 g/mol. The minimum Gasteiger partial charge on any atom is -0.481 e. The van der Waals surface area contributed by atoms with Crippen molar-refractivity contribution in [3.63, 3.8) is 0 Å². The Labute approximate surface area is 120 Å². The first-order chi connectivity index (χ1) is 10.1. The predicted octanol–water partition coefficient (Wildman–Crippen LogP) is 0.130. The standard InChI is InChI=1S/C15H17N3O3/c1-8-10(4-5-13(19)20)7-16-12(8)6-11-14(9-2-3-9)17-18-15(11)21/h6-7,16-17H,2-5H2,1H3,(H,18,21)(H,19,20). The highest BCUT2D eigenvalue weighted by Crippen LogP contribution is 2.26. The number of aromatic amines is 3. The Balaban J connectivity index is 2.02. The third kappa shape index (κ3) is 2.69. The van der Waals surface area contributed by atoms with Gasteiger partial charge in [0.1, 0.15) is 0 Å². The highest BCUT2D eigenvalue weighted by molar-refractivity contribution is 5.67. The quantitative estimate of drug-likeness (QED) is 0.643. The van der Waals surface area contributed by atoms with Gasteiger partial charge in [-0.2, -0.15) is 0 Å². The Morgan fingerprint density at radius 2 is 2.14 bits per heavy atom. The van der Waals surface area contributed by atoms with Crippen LogP contribution in [0.1, 0.15) is 36.1 Å². The van der Waals surface area contributed by atoms with Gasteiger partial charge in [-0.25, -0.2) is 0 Å². The molecule has 1 fully saturated rings. The van der Waals surface area contributed by atoms with E-state index in [1.807, 2.05) is 19.2 Å². The van der Waals surface area contributed by atoms with Gasteiger partial charge in [-0.15, -0.1) is 0 Å². The van der Waals surface area contributed by atoms with Crippen LogP contribution in [0.15, 0.2) is 11.0 Å². The Bertz CT molecular complexity index is 861. The van der Waals surface area contributed by atoms with Gasteiger partial charge in [-0.05, 0) is 49.0 Å². The topological polar surface area (TPSA) is 102 Å². The molecule has 0 aliphatic heterocycles. The summed E-state index contributed by atoms with van der Waals surface area (Å²) in [5.74, 6) is -0.810. The fraction of sp³-hybridized carbons (Fsp3) is 0.333. The molecular formula is C15H17N3O3.